The highest BCUT2D eigenvalue weighted by Crippen LogP contribution is 2.35. The van der Waals surface area contributed by atoms with Gasteiger partial charge in [0.2, 0.25) is 11.8 Å². The van der Waals surface area contributed by atoms with Crippen molar-refractivity contribution in [1.29, 1.82) is 0 Å². The smallest absolute Gasteiger partial charge is 0.308 e. The first-order chi connectivity index (χ1) is 13.0. The van der Waals surface area contributed by atoms with Crippen molar-refractivity contribution in [3.63, 3.8) is 0 Å². The van der Waals surface area contributed by atoms with Crippen LogP contribution in [0.3, 0.4) is 0 Å². The highest BCUT2D eigenvalue weighted by molar-refractivity contribution is 7.17. The molecule has 1 aliphatic heterocycles. The molecule has 0 unspecified atom stereocenters. The number of nitrogens with zero attached hydrogens (tertiary/aromatic N) is 2. The van der Waals surface area contributed by atoms with Crippen molar-refractivity contribution in [3.05, 3.63) is 39.8 Å². The number of aromatic amines is 1. The maximum Gasteiger partial charge on any atom is 0.308 e. The number of carbonyl (C=O) groups is 3. The zero-order valence-corrected chi connectivity index (χ0v) is 15.2. The predicted octanol–water partition coefficient (Wildman–Crippen LogP) is 1.37. The molecule has 2 amide bonds. The van der Waals surface area contributed by atoms with Gasteiger partial charge in [0.1, 0.15) is 17.1 Å². The minimum atomic E-state index is -0.559. The molecule has 1 N–H and O–H groups in total. The Labute approximate surface area is 157 Å². The third-order valence-corrected chi connectivity index (χ3v) is 5.77. The zero-order valence-electron chi connectivity index (χ0n) is 14.3. The van der Waals surface area contributed by atoms with Crippen molar-refractivity contribution in [2.75, 3.05) is 6.54 Å². The maximum atomic E-state index is 12.3. The lowest BCUT2D eigenvalue weighted by Crippen LogP contribution is -2.33. The van der Waals surface area contributed by atoms with Crippen LogP contribution in [0.4, 0.5) is 0 Å². The summed E-state index contributed by atoms with van der Waals surface area (Å²) in [6.07, 6.45) is 4.89. The second-order valence-corrected chi connectivity index (χ2v) is 7.46. The molecule has 1 aliphatic carbocycles. The van der Waals surface area contributed by atoms with Crippen LogP contribution in [0.25, 0.3) is 10.2 Å². The normalized spacial score (nSPS) is 21.7. The number of imide groups is 1. The van der Waals surface area contributed by atoms with E-state index in [4.69, 9.17) is 4.74 Å². The Morgan fingerprint density at radius 2 is 1.93 bits per heavy atom. The molecule has 2 aliphatic rings. The number of esters is 1. The third-order valence-electron chi connectivity index (χ3n) is 4.87. The summed E-state index contributed by atoms with van der Waals surface area (Å²) in [6, 6.07) is 1.72. The number of ether oxygens (including phenoxy) is 1. The van der Waals surface area contributed by atoms with E-state index >= 15 is 0 Å². The van der Waals surface area contributed by atoms with E-state index < -0.39 is 5.97 Å². The molecule has 0 aromatic carbocycles. The van der Waals surface area contributed by atoms with E-state index in [1.807, 2.05) is 12.2 Å². The lowest BCUT2D eigenvalue weighted by atomic mass is 9.85. The third kappa shape index (κ3) is 3.30. The van der Waals surface area contributed by atoms with Crippen LogP contribution in [0.5, 0.6) is 0 Å². The number of allylic oxidation sites excluding steroid dienone is 2. The summed E-state index contributed by atoms with van der Waals surface area (Å²) in [5.74, 6) is -1.33. The number of likely N-dealkylation sites (tertiary alicyclic amines) is 1. The summed E-state index contributed by atoms with van der Waals surface area (Å²) in [5, 5.41) is 1.76. The molecule has 1 fully saturated rings. The number of H-pyrrole nitrogens is 1. The number of aromatic nitrogens is 2. The monoisotopic (exact) mass is 387 g/mol. The molecule has 1 saturated heterocycles. The highest BCUT2D eigenvalue weighted by Gasteiger charge is 2.46. The Hall–Kier alpha value is -2.81. The molecule has 0 radical (unpaired) electrons. The van der Waals surface area contributed by atoms with Gasteiger partial charge in [0.05, 0.1) is 23.8 Å². The summed E-state index contributed by atoms with van der Waals surface area (Å²) in [4.78, 5) is 56.6. The molecule has 0 saturated carbocycles. The molecule has 0 bridgehead atoms. The highest BCUT2D eigenvalue weighted by atomic mass is 32.1. The van der Waals surface area contributed by atoms with Crippen LogP contribution in [0.1, 0.15) is 25.1 Å². The topological polar surface area (TPSA) is 109 Å². The molecule has 8 nitrogen and oxygen atoms in total. The quantitative estimate of drug-likeness (QED) is 0.471. The maximum absolute atomic E-state index is 12.3. The van der Waals surface area contributed by atoms with Crippen molar-refractivity contribution in [2.45, 2.75) is 25.9 Å². The lowest BCUT2D eigenvalue weighted by molar-refractivity contribution is -0.147. The van der Waals surface area contributed by atoms with Gasteiger partial charge >= 0.3 is 5.97 Å². The van der Waals surface area contributed by atoms with Gasteiger partial charge in [0.25, 0.3) is 5.56 Å². The van der Waals surface area contributed by atoms with E-state index in [9.17, 15) is 19.2 Å². The van der Waals surface area contributed by atoms with Gasteiger partial charge in [-0.15, -0.1) is 11.3 Å². The Balaban J connectivity index is 1.32. The largest absolute Gasteiger partial charge is 0.457 e. The molecule has 2 atom stereocenters. The van der Waals surface area contributed by atoms with Crippen LogP contribution in [0.15, 0.2) is 28.4 Å². The van der Waals surface area contributed by atoms with Crippen molar-refractivity contribution in [2.24, 2.45) is 11.8 Å². The van der Waals surface area contributed by atoms with Crippen LogP contribution in [0, 0.1) is 11.8 Å². The van der Waals surface area contributed by atoms with Gasteiger partial charge in [-0.2, -0.15) is 0 Å². The first-order valence-electron chi connectivity index (χ1n) is 8.67. The minimum absolute atomic E-state index is 0.0109. The molecule has 140 valence electrons. The summed E-state index contributed by atoms with van der Waals surface area (Å²) in [7, 11) is 0. The molecule has 4 rings (SSSR count). The number of carbonyl (C=O) groups excluding carboxylic acids is 3. The molecular weight excluding hydrogens is 370 g/mol. The van der Waals surface area contributed by atoms with Gasteiger partial charge in [0, 0.05) is 6.54 Å². The summed E-state index contributed by atoms with van der Waals surface area (Å²) in [6.45, 7) is -0.159. The summed E-state index contributed by atoms with van der Waals surface area (Å²) < 4.78 is 5.65. The summed E-state index contributed by atoms with van der Waals surface area (Å²) >= 11 is 1.29. The Morgan fingerprint density at radius 1 is 1.22 bits per heavy atom. The number of hydrogen-bond acceptors (Lipinski definition) is 7. The molecule has 2 aromatic rings. The molecule has 0 spiro atoms. The van der Waals surface area contributed by atoms with Crippen molar-refractivity contribution < 1.29 is 19.1 Å². The van der Waals surface area contributed by atoms with Crippen molar-refractivity contribution >= 4 is 39.3 Å². The van der Waals surface area contributed by atoms with E-state index in [2.05, 4.69) is 9.97 Å². The molecular formula is C18H17N3O5S. The van der Waals surface area contributed by atoms with Crippen LogP contribution in [-0.4, -0.2) is 39.2 Å². The predicted molar refractivity (Wildman–Crippen MR) is 96.7 cm³/mol. The molecule has 9 heteroatoms. The number of fused-ring (bicyclic) bond motifs is 2. The second kappa shape index (κ2) is 7.07. The van der Waals surface area contributed by atoms with Crippen molar-refractivity contribution in [3.8, 4) is 0 Å². The number of amides is 2. The fourth-order valence-corrected chi connectivity index (χ4v) is 4.23. The fourth-order valence-electron chi connectivity index (χ4n) is 3.50. The van der Waals surface area contributed by atoms with E-state index in [1.165, 1.54) is 16.2 Å². The van der Waals surface area contributed by atoms with Crippen LogP contribution in [0.2, 0.25) is 0 Å². The van der Waals surface area contributed by atoms with E-state index in [0.29, 0.717) is 23.1 Å². The van der Waals surface area contributed by atoms with Crippen LogP contribution >= 0.6 is 11.3 Å². The van der Waals surface area contributed by atoms with Gasteiger partial charge in [-0.25, -0.2) is 4.98 Å². The number of rotatable bonds is 5. The fraction of sp³-hybridized carbons (Fsp3) is 0.389. The SMILES string of the molecule is O=C(CCN1C(=O)[C@H]2CC=CC[C@H]2C1=O)OCc1nc2ccsc2c(=O)[nH]1. The van der Waals surface area contributed by atoms with Crippen LogP contribution < -0.4 is 5.56 Å². The van der Waals surface area contributed by atoms with E-state index in [1.54, 1.807) is 11.4 Å². The lowest BCUT2D eigenvalue weighted by Gasteiger charge is -2.14. The molecule has 2 aromatic heterocycles. The molecule has 3 heterocycles. The standard InChI is InChI=1S/C18H17N3O5S/c22-14(26-9-13-19-12-6-8-27-15(12)16(23)20-13)5-7-21-17(24)10-3-1-2-4-11(10)18(21)25/h1-2,6,8,10-11H,3-5,7,9H2,(H,19,20,23)/t10-,11+. The first kappa shape index (κ1) is 17.6. The number of thiophene rings is 1. The average molecular weight is 387 g/mol. The summed E-state index contributed by atoms with van der Waals surface area (Å²) in [5.41, 5.74) is 0.282. The number of hydrogen-bond donors (Lipinski definition) is 1. The second-order valence-electron chi connectivity index (χ2n) is 6.54. The van der Waals surface area contributed by atoms with E-state index in [-0.39, 0.29) is 54.6 Å². The minimum Gasteiger partial charge on any atom is -0.457 e. The zero-order chi connectivity index (χ0) is 19.0. The Kier molecular flexibility index (Phi) is 4.61. The number of nitrogens with one attached hydrogen (secondary N) is 1. The molecule has 27 heavy (non-hydrogen) atoms. The van der Waals surface area contributed by atoms with Gasteiger partial charge in [0.15, 0.2) is 0 Å². The van der Waals surface area contributed by atoms with Crippen molar-refractivity contribution in [1.82, 2.24) is 14.9 Å². The average Bonchev–Trinajstić information content (AvgIpc) is 3.23. The Morgan fingerprint density at radius 3 is 2.63 bits per heavy atom. The van der Waals surface area contributed by atoms with Gasteiger partial charge in [-0.05, 0) is 24.3 Å². The Bertz CT molecular complexity index is 982. The van der Waals surface area contributed by atoms with Gasteiger partial charge in [-0.3, -0.25) is 24.1 Å². The van der Waals surface area contributed by atoms with E-state index in [0.717, 1.165) is 0 Å². The first-order valence-corrected chi connectivity index (χ1v) is 9.55. The van der Waals surface area contributed by atoms with Crippen LogP contribution in [-0.2, 0) is 25.7 Å². The van der Waals surface area contributed by atoms with Gasteiger partial charge in [-0.1, -0.05) is 12.2 Å². The van der Waals surface area contributed by atoms with Gasteiger partial charge < -0.3 is 9.72 Å².